The van der Waals surface area contributed by atoms with Crippen LogP contribution >= 0.6 is 34.5 Å². The molecule has 0 saturated heterocycles. The van der Waals surface area contributed by atoms with Crippen molar-refractivity contribution < 1.29 is 5.11 Å². The molecule has 0 fully saturated rings. The van der Waals surface area contributed by atoms with Gasteiger partial charge in [-0.3, -0.25) is 4.99 Å². The molecule has 126 valence electrons. The fraction of sp³-hybridized carbons (Fsp3) is 0.400. The lowest BCUT2D eigenvalue weighted by atomic mass is 10.3. The molecule has 23 heavy (non-hydrogen) atoms. The van der Waals surface area contributed by atoms with E-state index in [2.05, 4.69) is 10.3 Å². The molecule has 0 bridgehead atoms. The first kappa shape index (κ1) is 18.1. The van der Waals surface area contributed by atoms with Crippen LogP contribution in [0.4, 0.5) is 0 Å². The van der Waals surface area contributed by atoms with Crippen molar-refractivity contribution in [2.45, 2.75) is 12.6 Å². The predicted molar refractivity (Wildman–Crippen MR) is 97.5 cm³/mol. The first-order valence-corrected chi connectivity index (χ1v) is 8.63. The van der Waals surface area contributed by atoms with Gasteiger partial charge in [0.15, 0.2) is 5.96 Å². The van der Waals surface area contributed by atoms with Crippen molar-refractivity contribution >= 4 is 40.5 Å². The second-order valence-electron chi connectivity index (χ2n) is 5.20. The van der Waals surface area contributed by atoms with Gasteiger partial charge >= 0.3 is 0 Å². The molecule has 2 heterocycles. The first-order valence-electron chi connectivity index (χ1n) is 7.06. The maximum absolute atomic E-state index is 10.2. The SMILES string of the molecule is CN=C(NCC(O)c1ccc(Cl)s1)N(C)Cc1cc(Cl)cn1C. The Kier molecular flexibility index (Phi) is 6.35. The fourth-order valence-electron chi connectivity index (χ4n) is 2.22. The smallest absolute Gasteiger partial charge is 0.193 e. The molecular formula is C15H20Cl2N4OS. The normalized spacial score (nSPS) is 13.2. The molecule has 0 radical (unpaired) electrons. The van der Waals surface area contributed by atoms with Gasteiger partial charge in [-0.15, -0.1) is 11.3 Å². The number of guanidine groups is 1. The molecule has 2 aromatic heterocycles. The molecule has 0 amide bonds. The minimum Gasteiger partial charge on any atom is -0.386 e. The molecule has 2 rings (SSSR count). The Morgan fingerprint density at radius 1 is 1.48 bits per heavy atom. The second kappa shape index (κ2) is 8.06. The van der Waals surface area contributed by atoms with E-state index < -0.39 is 6.10 Å². The molecule has 5 nitrogen and oxygen atoms in total. The van der Waals surface area contributed by atoms with Crippen LogP contribution in [0.3, 0.4) is 0 Å². The lowest BCUT2D eigenvalue weighted by Crippen LogP contribution is -2.40. The monoisotopic (exact) mass is 374 g/mol. The molecule has 0 saturated carbocycles. The molecule has 0 aromatic carbocycles. The zero-order chi connectivity index (χ0) is 17.0. The molecule has 0 aliphatic rings. The van der Waals surface area contributed by atoms with Crippen LogP contribution in [0.25, 0.3) is 0 Å². The number of aliphatic hydroxyl groups excluding tert-OH is 1. The zero-order valence-electron chi connectivity index (χ0n) is 13.3. The summed E-state index contributed by atoms with van der Waals surface area (Å²) in [5.74, 6) is 0.698. The van der Waals surface area contributed by atoms with Crippen LogP contribution in [-0.2, 0) is 13.6 Å². The maximum atomic E-state index is 10.2. The summed E-state index contributed by atoms with van der Waals surface area (Å²) in [6, 6.07) is 5.54. The standard InChI is InChI=1S/C15H20Cl2N4OS/c1-18-15(19-7-12(22)13-4-5-14(17)23-13)21(3)9-11-6-10(16)8-20(11)2/h4-6,8,12,22H,7,9H2,1-3H3,(H,18,19). The van der Waals surface area contributed by atoms with E-state index in [1.807, 2.05) is 41.9 Å². The largest absolute Gasteiger partial charge is 0.386 e. The van der Waals surface area contributed by atoms with Gasteiger partial charge in [0.05, 0.1) is 15.9 Å². The van der Waals surface area contributed by atoms with E-state index in [-0.39, 0.29) is 0 Å². The molecule has 1 unspecified atom stereocenters. The Labute approximate surface area is 150 Å². The number of nitrogens with one attached hydrogen (secondary N) is 1. The average molecular weight is 375 g/mol. The molecule has 2 N–H and O–H groups in total. The molecule has 2 aromatic rings. The Morgan fingerprint density at radius 3 is 2.74 bits per heavy atom. The maximum Gasteiger partial charge on any atom is 0.193 e. The predicted octanol–water partition coefficient (Wildman–Crippen LogP) is 3.13. The van der Waals surface area contributed by atoms with E-state index in [9.17, 15) is 5.11 Å². The van der Waals surface area contributed by atoms with Crippen molar-refractivity contribution in [1.82, 2.24) is 14.8 Å². The summed E-state index contributed by atoms with van der Waals surface area (Å²) in [4.78, 5) is 7.05. The number of halogens is 2. The van der Waals surface area contributed by atoms with Gasteiger partial charge in [0.25, 0.3) is 0 Å². The topological polar surface area (TPSA) is 52.8 Å². The number of thiophene rings is 1. The third-order valence-electron chi connectivity index (χ3n) is 3.42. The number of aryl methyl sites for hydroxylation is 1. The fourth-order valence-corrected chi connectivity index (χ4v) is 3.54. The Hall–Kier alpha value is -1.21. The quantitative estimate of drug-likeness (QED) is 0.624. The van der Waals surface area contributed by atoms with E-state index in [0.717, 1.165) is 10.6 Å². The van der Waals surface area contributed by atoms with Crippen molar-refractivity contribution in [2.75, 3.05) is 20.6 Å². The molecule has 8 heteroatoms. The molecule has 1 atom stereocenters. The van der Waals surface area contributed by atoms with Gasteiger partial charge < -0.3 is 19.9 Å². The second-order valence-corrected chi connectivity index (χ2v) is 7.39. The summed E-state index contributed by atoms with van der Waals surface area (Å²) in [6.07, 6.45) is 1.24. The van der Waals surface area contributed by atoms with Crippen LogP contribution < -0.4 is 5.32 Å². The number of nitrogens with zero attached hydrogens (tertiary/aromatic N) is 3. The number of hydrogen-bond acceptors (Lipinski definition) is 3. The summed E-state index contributed by atoms with van der Waals surface area (Å²) >= 11 is 13.3. The van der Waals surface area contributed by atoms with Gasteiger partial charge in [-0.05, 0) is 18.2 Å². The summed E-state index contributed by atoms with van der Waals surface area (Å²) in [7, 11) is 5.60. The minimum absolute atomic E-state index is 0.363. The number of rotatable bonds is 5. The Balaban J connectivity index is 1.93. The summed E-state index contributed by atoms with van der Waals surface area (Å²) in [5.41, 5.74) is 1.08. The highest BCUT2D eigenvalue weighted by molar-refractivity contribution is 7.16. The summed E-state index contributed by atoms with van der Waals surface area (Å²) in [6.45, 7) is 1.02. The van der Waals surface area contributed by atoms with E-state index in [1.54, 1.807) is 13.1 Å². The summed E-state index contributed by atoms with van der Waals surface area (Å²) < 4.78 is 2.65. The van der Waals surface area contributed by atoms with Crippen LogP contribution in [0.1, 0.15) is 16.7 Å². The molecule has 0 aliphatic heterocycles. The Bertz CT molecular complexity index is 683. The minimum atomic E-state index is -0.623. The van der Waals surface area contributed by atoms with Crippen LogP contribution in [0, 0.1) is 0 Å². The van der Waals surface area contributed by atoms with E-state index in [4.69, 9.17) is 23.2 Å². The van der Waals surface area contributed by atoms with Gasteiger partial charge in [0, 0.05) is 44.5 Å². The van der Waals surface area contributed by atoms with Crippen molar-refractivity contribution in [3.05, 3.63) is 44.3 Å². The highest BCUT2D eigenvalue weighted by Crippen LogP contribution is 2.26. The van der Waals surface area contributed by atoms with Crippen LogP contribution in [0.15, 0.2) is 29.4 Å². The van der Waals surface area contributed by atoms with Gasteiger partial charge in [-0.1, -0.05) is 23.2 Å². The molecular weight excluding hydrogens is 355 g/mol. The molecule has 0 spiro atoms. The number of aliphatic hydroxyl groups is 1. The summed E-state index contributed by atoms with van der Waals surface area (Å²) in [5, 5.41) is 14.1. The van der Waals surface area contributed by atoms with E-state index >= 15 is 0 Å². The Morgan fingerprint density at radius 2 is 2.22 bits per heavy atom. The van der Waals surface area contributed by atoms with E-state index in [0.29, 0.717) is 28.4 Å². The highest BCUT2D eigenvalue weighted by Gasteiger charge is 2.14. The lowest BCUT2D eigenvalue weighted by Gasteiger charge is -2.23. The average Bonchev–Trinajstić information content (AvgIpc) is 3.05. The van der Waals surface area contributed by atoms with Crippen molar-refractivity contribution in [2.24, 2.45) is 12.0 Å². The van der Waals surface area contributed by atoms with Crippen LogP contribution in [-0.4, -0.2) is 41.2 Å². The number of hydrogen-bond donors (Lipinski definition) is 2. The van der Waals surface area contributed by atoms with Crippen molar-refractivity contribution in [3.8, 4) is 0 Å². The van der Waals surface area contributed by atoms with Gasteiger partial charge in [0.1, 0.15) is 6.10 Å². The zero-order valence-corrected chi connectivity index (χ0v) is 15.6. The van der Waals surface area contributed by atoms with Crippen molar-refractivity contribution in [3.63, 3.8) is 0 Å². The first-order chi connectivity index (χ1) is 10.9. The van der Waals surface area contributed by atoms with Crippen LogP contribution in [0.5, 0.6) is 0 Å². The number of aromatic nitrogens is 1. The third kappa shape index (κ3) is 4.88. The van der Waals surface area contributed by atoms with Crippen LogP contribution in [0.2, 0.25) is 9.36 Å². The molecule has 0 aliphatic carbocycles. The highest BCUT2D eigenvalue weighted by atomic mass is 35.5. The van der Waals surface area contributed by atoms with Crippen molar-refractivity contribution in [1.29, 1.82) is 0 Å². The third-order valence-corrected chi connectivity index (χ3v) is 4.96. The van der Waals surface area contributed by atoms with E-state index in [1.165, 1.54) is 11.3 Å². The lowest BCUT2D eigenvalue weighted by molar-refractivity contribution is 0.183. The van der Waals surface area contributed by atoms with Gasteiger partial charge in [0.2, 0.25) is 0 Å². The van der Waals surface area contributed by atoms with Gasteiger partial charge in [-0.25, -0.2) is 0 Å². The number of aliphatic imine (C=N–C) groups is 1. The van der Waals surface area contributed by atoms with Gasteiger partial charge in [-0.2, -0.15) is 0 Å².